The fourth-order valence-corrected chi connectivity index (χ4v) is 2.89. The number of methoxy groups -OCH3 is 1. The molecule has 2 aromatic carbocycles. The number of anilines is 1. The van der Waals surface area contributed by atoms with Crippen LogP contribution in [-0.4, -0.2) is 31.6 Å². The van der Waals surface area contributed by atoms with Gasteiger partial charge >= 0.3 is 6.03 Å². The molecule has 1 saturated heterocycles. The van der Waals surface area contributed by atoms with E-state index in [9.17, 15) is 9.59 Å². The molecule has 0 aromatic heterocycles. The first-order valence-electron chi connectivity index (χ1n) is 8.12. The van der Waals surface area contributed by atoms with Crippen LogP contribution >= 0.6 is 0 Å². The first-order valence-corrected chi connectivity index (χ1v) is 8.12. The van der Waals surface area contributed by atoms with Gasteiger partial charge in [-0.2, -0.15) is 0 Å². The topological polar surface area (TPSA) is 79.5 Å². The number of rotatable bonds is 4. The second kappa shape index (κ2) is 7.25. The highest BCUT2D eigenvalue weighted by atomic mass is 16.5. The zero-order valence-electron chi connectivity index (χ0n) is 14.2. The molecule has 1 fully saturated rings. The smallest absolute Gasteiger partial charge is 0.319 e. The van der Waals surface area contributed by atoms with Crippen molar-refractivity contribution in [2.45, 2.75) is 18.9 Å². The molecule has 1 heterocycles. The van der Waals surface area contributed by atoms with E-state index in [0.29, 0.717) is 12.2 Å². The number of urea groups is 1. The zero-order valence-corrected chi connectivity index (χ0v) is 14.2. The summed E-state index contributed by atoms with van der Waals surface area (Å²) in [5.74, 6) is 0.449. The summed E-state index contributed by atoms with van der Waals surface area (Å²) in [6.07, 6.45) is 0. The van der Waals surface area contributed by atoms with Crippen LogP contribution in [0.1, 0.15) is 17.0 Å². The molecule has 0 radical (unpaired) electrons. The summed E-state index contributed by atoms with van der Waals surface area (Å²) in [6.45, 7) is 2.47. The fourth-order valence-electron chi connectivity index (χ4n) is 2.89. The van der Waals surface area contributed by atoms with Crippen LogP contribution in [0.4, 0.5) is 10.5 Å². The van der Waals surface area contributed by atoms with E-state index in [2.05, 4.69) is 16.0 Å². The van der Waals surface area contributed by atoms with Crippen molar-refractivity contribution in [3.05, 3.63) is 59.7 Å². The molecule has 0 spiro atoms. The first-order chi connectivity index (χ1) is 12.1. The Hall–Kier alpha value is -3.02. The molecule has 0 bridgehead atoms. The van der Waals surface area contributed by atoms with Gasteiger partial charge < -0.3 is 20.7 Å². The standard InChI is InChI=1S/C19H21N3O3/c1-12-3-7-14(8-4-12)21-19(24)22-17-16(11-20-18(17)23)13-5-9-15(25-2)10-6-13/h3-10,16-17H,11H2,1-2H3,(H,20,23)(H2,21,22,24)/t16-,17+/m0/s1. The highest BCUT2D eigenvalue weighted by Crippen LogP contribution is 2.25. The maximum Gasteiger partial charge on any atom is 0.319 e. The molecule has 6 nitrogen and oxygen atoms in total. The van der Waals surface area contributed by atoms with Crippen LogP contribution in [0.2, 0.25) is 0 Å². The highest BCUT2D eigenvalue weighted by Gasteiger charge is 2.36. The molecule has 0 aliphatic carbocycles. The molecule has 2 atom stereocenters. The lowest BCUT2D eigenvalue weighted by molar-refractivity contribution is -0.120. The van der Waals surface area contributed by atoms with Gasteiger partial charge in [-0.3, -0.25) is 4.79 Å². The molecule has 1 aliphatic rings. The Morgan fingerprint density at radius 3 is 2.44 bits per heavy atom. The Morgan fingerprint density at radius 2 is 1.80 bits per heavy atom. The van der Waals surface area contributed by atoms with E-state index in [4.69, 9.17) is 4.74 Å². The molecule has 0 saturated carbocycles. The lowest BCUT2D eigenvalue weighted by atomic mass is 9.94. The molecule has 25 heavy (non-hydrogen) atoms. The Bertz CT molecular complexity index is 756. The number of aryl methyl sites for hydroxylation is 1. The molecule has 3 amide bonds. The molecule has 3 rings (SSSR count). The van der Waals surface area contributed by atoms with Crippen LogP contribution in [-0.2, 0) is 4.79 Å². The van der Waals surface area contributed by atoms with Crippen molar-refractivity contribution in [1.82, 2.24) is 10.6 Å². The van der Waals surface area contributed by atoms with E-state index < -0.39 is 12.1 Å². The van der Waals surface area contributed by atoms with E-state index in [-0.39, 0.29) is 11.8 Å². The number of carbonyl (C=O) groups is 2. The van der Waals surface area contributed by atoms with Crippen LogP contribution in [0.3, 0.4) is 0 Å². The summed E-state index contributed by atoms with van der Waals surface area (Å²) in [5, 5.41) is 8.34. The van der Waals surface area contributed by atoms with Crippen molar-refractivity contribution in [1.29, 1.82) is 0 Å². The molecule has 3 N–H and O–H groups in total. The van der Waals surface area contributed by atoms with Gasteiger partial charge in [0.25, 0.3) is 0 Å². The highest BCUT2D eigenvalue weighted by molar-refractivity contribution is 5.95. The monoisotopic (exact) mass is 339 g/mol. The van der Waals surface area contributed by atoms with Crippen LogP contribution in [0.25, 0.3) is 0 Å². The van der Waals surface area contributed by atoms with Crippen LogP contribution < -0.4 is 20.7 Å². The summed E-state index contributed by atoms with van der Waals surface area (Å²) in [4.78, 5) is 24.4. The third-order valence-corrected chi connectivity index (χ3v) is 4.32. The number of ether oxygens (including phenoxy) is 1. The maximum atomic E-state index is 12.3. The van der Waals surface area contributed by atoms with Gasteiger partial charge in [0.15, 0.2) is 0 Å². The second-order valence-corrected chi connectivity index (χ2v) is 6.07. The van der Waals surface area contributed by atoms with Gasteiger partial charge in [-0.1, -0.05) is 29.8 Å². The van der Waals surface area contributed by atoms with Crippen molar-refractivity contribution < 1.29 is 14.3 Å². The van der Waals surface area contributed by atoms with E-state index in [1.807, 2.05) is 55.5 Å². The van der Waals surface area contributed by atoms with Gasteiger partial charge in [0.05, 0.1) is 7.11 Å². The van der Waals surface area contributed by atoms with Crippen molar-refractivity contribution >= 4 is 17.6 Å². The number of amides is 3. The number of nitrogens with one attached hydrogen (secondary N) is 3. The average molecular weight is 339 g/mol. The lowest BCUT2D eigenvalue weighted by Gasteiger charge is -2.19. The quantitative estimate of drug-likeness (QED) is 0.800. The van der Waals surface area contributed by atoms with Crippen LogP contribution in [0, 0.1) is 6.92 Å². The van der Waals surface area contributed by atoms with E-state index >= 15 is 0 Å². The third-order valence-electron chi connectivity index (χ3n) is 4.32. The van der Waals surface area contributed by atoms with Gasteiger partial charge in [-0.05, 0) is 36.8 Å². The van der Waals surface area contributed by atoms with Gasteiger partial charge in [-0.25, -0.2) is 4.79 Å². The minimum Gasteiger partial charge on any atom is -0.497 e. The van der Waals surface area contributed by atoms with Gasteiger partial charge in [0.2, 0.25) is 5.91 Å². The molecule has 6 heteroatoms. The Kier molecular flexibility index (Phi) is 4.88. The fraction of sp³-hybridized carbons (Fsp3) is 0.263. The van der Waals surface area contributed by atoms with Crippen LogP contribution in [0.15, 0.2) is 48.5 Å². The summed E-state index contributed by atoms with van der Waals surface area (Å²) in [7, 11) is 1.61. The molecular weight excluding hydrogens is 318 g/mol. The number of hydrogen-bond donors (Lipinski definition) is 3. The molecular formula is C19H21N3O3. The maximum absolute atomic E-state index is 12.3. The SMILES string of the molecule is COc1ccc([C@@H]2CNC(=O)[C@@H]2NC(=O)Nc2ccc(C)cc2)cc1. The summed E-state index contributed by atoms with van der Waals surface area (Å²) < 4.78 is 5.16. The van der Waals surface area contributed by atoms with E-state index in [0.717, 1.165) is 16.9 Å². The van der Waals surface area contributed by atoms with Gasteiger partial charge in [0, 0.05) is 18.2 Å². The summed E-state index contributed by atoms with van der Waals surface area (Å²) in [5.41, 5.74) is 2.77. The van der Waals surface area contributed by atoms with Crippen molar-refractivity contribution in [3.8, 4) is 5.75 Å². The largest absolute Gasteiger partial charge is 0.497 e. The first kappa shape index (κ1) is 16.8. The van der Waals surface area contributed by atoms with Crippen molar-refractivity contribution in [2.75, 3.05) is 19.0 Å². The minimum absolute atomic E-state index is 0.123. The Morgan fingerprint density at radius 1 is 1.12 bits per heavy atom. The van der Waals surface area contributed by atoms with Crippen LogP contribution in [0.5, 0.6) is 5.75 Å². The van der Waals surface area contributed by atoms with Crippen molar-refractivity contribution in [2.24, 2.45) is 0 Å². The summed E-state index contributed by atoms with van der Waals surface area (Å²) >= 11 is 0. The normalized spacial score (nSPS) is 19.2. The summed E-state index contributed by atoms with van der Waals surface area (Å²) in [6, 6.07) is 14.0. The number of carbonyl (C=O) groups excluding carboxylic acids is 2. The predicted molar refractivity (Wildman–Crippen MR) is 95.9 cm³/mol. The lowest BCUT2D eigenvalue weighted by Crippen LogP contribution is -2.44. The van der Waals surface area contributed by atoms with Gasteiger partial charge in [-0.15, -0.1) is 0 Å². The van der Waals surface area contributed by atoms with Crippen molar-refractivity contribution in [3.63, 3.8) is 0 Å². The average Bonchev–Trinajstić information content (AvgIpc) is 2.98. The molecule has 2 aromatic rings. The predicted octanol–water partition coefficient (Wildman–Crippen LogP) is 2.41. The molecule has 130 valence electrons. The molecule has 1 aliphatic heterocycles. The van der Waals surface area contributed by atoms with E-state index in [1.54, 1.807) is 7.11 Å². The molecule has 0 unspecified atom stereocenters. The number of hydrogen-bond acceptors (Lipinski definition) is 3. The number of benzene rings is 2. The minimum atomic E-state index is -0.612. The zero-order chi connectivity index (χ0) is 17.8. The van der Waals surface area contributed by atoms with Gasteiger partial charge in [0.1, 0.15) is 11.8 Å². The second-order valence-electron chi connectivity index (χ2n) is 6.07. The Balaban J connectivity index is 1.68. The van der Waals surface area contributed by atoms with E-state index in [1.165, 1.54) is 0 Å². The third kappa shape index (κ3) is 3.91. The Labute approximate surface area is 146 Å².